The van der Waals surface area contributed by atoms with Crippen LogP contribution in [0, 0.1) is 0 Å². The maximum atomic E-state index is 5.54. The van der Waals surface area contributed by atoms with Gasteiger partial charge in [0.1, 0.15) is 45.0 Å². The summed E-state index contributed by atoms with van der Waals surface area (Å²) in [6.07, 6.45) is 0. The summed E-state index contributed by atoms with van der Waals surface area (Å²) in [6, 6.07) is 18.4. The topological polar surface area (TPSA) is 53.4 Å². The molecule has 0 spiro atoms. The van der Waals surface area contributed by atoms with Gasteiger partial charge in [-0.2, -0.15) is 0 Å². The van der Waals surface area contributed by atoms with E-state index < -0.39 is 0 Å². The molecule has 1 aliphatic heterocycles. The zero-order valence-corrected chi connectivity index (χ0v) is 17.1. The molecule has 3 aromatic rings. The van der Waals surface area contributed by atoms with Gasteiger partial charge < -0.3 is 23.8 Å². The van der Waals surface area contributed by atoms with Gasteiger partial charge in [-0.3, -0.25) is 0 Å². The Bertz CT molecular complexity index is 918. The number of rotatable bonds is 7. The monoisotopic (exact) mass is 395 g/mol. The molecule has 2 aromatic carbocycles. The average molecular weight is 396 g/mol. The maximum Gasteiger partial charge on any atom is 0.167 e. The van der Waals surface area contributed by atoms with Gasteiger partial charge in [0.25, 0.3) is 0 Å². The Hall–Kier alpha value is -2.83. The highest BCUT2D eigenvalue weighted by molar-refractivity contribution is 5.56. The van der Waals surface area contributed by atoms with Gasteiger partial charge in [-0.1, -0.05) is 35.5 Å². The van der Waals surface area contributed by atoms with Crippen LogP contribution in [-0.2, 0) is 13.1 Å². The summed E-state index contributed by atoms with van der Waals surface area (Å²) >= 11 is 0. The molecule has 1 aliphatic rings. The molecule has 6 nitrogen and oxygen atoms in total. The molecule has 2 heterocycles. The lowest BCUT2D eigenvalue weighted by atomic mass is 10.1. The van der Waals surface area contributed by atoms with Crippen LogP contribution in [0.2, 0.25) is 0 Å². The van der Waals surface area contributed by atoms with Gasteiger partial charge in [0, 0.05) is 17.2 Å². The first-order valence-electron chi connectivity index (χ1n) is 10.1. The van der Waals surface area contributed by atoms with Crippen LogP contribution in [0.1, 0.15) is 11.3 Å². The third-order valence-electron chi connectivity index (χ3n) is 5.61. The fourth-order valence-corrected chi connectivity index (χ4v) is 3.98. The van der Waals surface area contributed by atoms with Crippen LogP contribution in [0.5, 0.6) is 11.5 Å². The third kappa shape index (κ3) is 4.78. The van der Waals surface area contributed by atoms with Crippen molar-refractivity contribution in [3.8, 4) is 22.8 Å². The van der Waals surface area contributed by atoms with Crippen molar-refractivity contribution in [3.05, 3.63) is 65.9 Å². The van der Waals surface area contributed by atoms with E-state index in [4.69, 9.17) is 14.0 Å². The van der Waals surface area contributed by atoms with E-state index >= 15 is 0 Å². The van der Waals surface area contributed by atoms with Gasteiger partial charge in [0.15, 0.2) is 17.3 Å². The van der Waals surface area contributed by atoms with Gasteiger partial charge in [-0.05, 0) is 18.2 Å². The van der Waals surface area contributed by atoms with E-state index in [1.807, 2.05) is 36.4 Å². The van der Waals surface area contributed by atoms with E-state index in [-0.39, 0.29) is 0 Å². The van der Waals surface area contributed by atoms with Gasteiger partial charge in [-0.25, -0.2) is 0 Å². The number of ether oxygens (including phenoxy) is 2. The van der Waals surface area contributed by atoms with E-state index in [2.05, 4.69) is 23.4 Å². The Kier molecular flexibility index (Phi) is 6.12. The zero-order chi connectivity index (χ0) is 20.1. The molecule has 2 N–H and O–H groups in total. The van der Waals surface area contributed by atoms with Crippen molar-refractivity contribution in [3.63, 3.8) is 0 Å². The number of nitrogens with one attached hydrogen (secondary N) is 2. The summed E-state index contributed by atoms with van der Waals surface area (Å²) in [6.45, 7) is 6.49. The van der Waals surface area contributed by atoms with Gasteiger partial charge in [-0.15, -0.1) is 0 Å². The molecule has 152 valence electrons. The van der Waals surface area contributed by atoms with Crippen LogP contribution in [0.3, 0.4) is 0 Å². The molecule has 29 heavy (non-hydrogen) atoms. The van der Waals surface area contributed by atoms with Crippen LogP contribution in [0.15, 0.2) is 59.1 Å². The summed E-state index contributed by atoms with van der Waals surface area (Å²) in [4.78, 5) is 3.17. The van der Waals surface area contributed by atoms with Crippen LogP contribution >= 0.6 is 0 Å². The predicted molar refractivity (Wildman–Crippen MR) is 110 cm³/mol. The first-order chi connectivity index (χ1) is 14.2. The fraction of sp³-hybridized carbons (Fsp3) is 0.348. The molecule has 0 unspecified atom stereocenters. The number of aromatic nitrogens is 1. The van der Waals surface area contributed by atoms with Crippen molar-refractivity contribution < 1.29 is 23.8 Å². The smallest absolute Gasteiger partial charge is 0.167 e. The number of quaternary nitrogens is 2. The Labute approximate surface area is 171 Å². The van der Waals surface area contributed by atoms with Crippen molar-refractivity contribution in [1.29, 1.82) is 0 Å². The molecule has 0 atom stereocenters. The minimum atomic E-state index is 0.781. The predicted octanol–water partition coefficient (Wildman–Crippen LogP) is 0.842. The summed E-state index contributed by atoms with van der Waals surface area (Å²) in [5.74, 6) is 2.43. The Morgan fingerprint density at radius 1 is 0.828 bits per heavy atom. The van der Waals surface area contributed by atoms with Crippen molar-refractivity contribution in [2.24, 2.45) is 0 Å². The van der Waals surface area contributed by atoms with E-state index in [1.54, 1.807) is 24.0 Å². The lowest BCUT2D eigenvalue weighted by molar-refractivity contribution is -1.02. The molecule has 0 aliphatic carbocycles. The van der Waals surface area contributed by atoms with E-state index in [9.17, 15) is 0 Å². The minimum Gasteiger partial charge on any atom is -0.493 e. The summed E-state index contributed by atoms with van der Waals surface area (Å²) in [5, 5.41) is 4.28. The number of methoxy groups -OCH3 is 2. The first-order valence-corrected chi connectivity index (χ1v) is 10.1. The highest BCUT2D eigenvalue weighted by Crippen LogP contribution is 2.27. The third-order valence-corrected chi connectivity index (χ3v) is 5.61. The van der Waals surface area contributed by atoms with Crippen LogP contribution in [0.25, 0.3) is 11.3 Å². The van der Waals surface area contributed by atoms with Crippen molar-refractivity contribution in [1.82, 2.24) is 5.16 Å². The second-order valence-corrected chi connectivity index (χ2v) is 7.59. The number of nitrogens with zero attached hydrogens (tertiary/aromatic N) is 1. The fourth-order valence-electron chi connectivity index (χ4n) is 3.98. The number of piperazine rings is 1. The number of benzene rings is 2. The van der Waals surface area contributed by atoms with Crippen LogP contribution in [0.4, 0.5) is 0 Å². The molecular weight excluding hydrogens is 366 g/mol. The van der Waals surface area contributed by atoms with E-state index in [0.717, 1.165) is 67.8 Å². The number of hydrogen-bond donors (Lipinski definition) is 2. The van der Waals surface area contributed by atoms with Crippen molar-refractivity contribution in [2.45, 2.75) is 13.1 Å². The molecule has 0 bridgehead atoms. The normalized spacial score (nSPS) is 19.1. The number of hydrogen-bond acceptors (Lipinski definition) is 4. The quantitative estimate of drug-likeness (QED) is 0.623. The van der Waals surface area contributed by atoms with E-state index in [1.165, 1.54) is 5.56 Å². The van der Waals surface area contributed by atoms with Gasteiger partial charge >= 0.3 is 0 Å². The van der Waals surface area contributed by atoms with Crippen LogP contribution < -0.4 is 19.3 Å². The SMILES string of the molecule is COc1ccc(C[NH+]2CC[NH+](Cc3cc(-c4ccccc4)on3)CC2)cc1OC. The summed E-state index contributed by atoms with van der Waals surface area (Å²) in [5.41, 5.74) is 3.39. The average Bonchev–Trinajstić information content (AvgIpc) is 3.24. The Morgan fingerprint density at radius 3 is 2.21 bits per heavy atom. The highest BCUT2D eigenvalue weighted by Gasteiger charge is 2.24. The highest BCUT2D eigenvalue weighted by atomic mass is 16.5. The minimum absolute atomic E-state index is 0.781. The van der Waals surface area contributed by atoms with Crippen LogP contribution in [-0.4, -0.2) is 45.6 Å². The molecule has 0 amide bonds. The lowest BCUT2D eigenvalue weighted by Crippen LogP contribution is -3.27. The lowest BCUT2D eigenvalue weighted by Gasteiger charge is -2.29. The standard InChI is InChI=1S/C23H27N3O3/c1-27-21-9-8-18(14-23(21)28-2)16-25-10-12-26(13-11-25)17-20-15-22(29-24-20)19-6-4-3-5-7-19/h3-9,14-15H,10-13,16-17H2,1-2H3/p+2. The van der Waals surface area contributed by atoms with Crippen molar-refractivity contribution in [2.75, 3.05) is 40.4 Å². The molecule has 1 fully saturated rings. The maximum absolute atomic E-state index is 5.54. The Balaban J connectivity index is 1.29. The van der Waals surface area contributed by atoms with Crippen molar-refractivity contribution >= 4 is 0 Å². The Morgan fingerprint density at radius 2 is 1.52 bits per heavy atom. The molecule has 4 rings (SSSR count). The van der Waals surface area contributed by atoms with Gasteiger partial charge in [0.05, 0.1) is 14.2 Å². The second kappa shape index (κ2) is 9.11. The molecule has 1 saturated heterocycles. The summed E-state index contributed by atoms with van der Waals surface area (Å²) < 4.78 is 16.3. The first kappa shape index (κ1) is 19.5. The van der Waals surface area contributed by atoms with Gasteiger partial charge in [0.2, 0.25) is 0 Å². The zero-order valence-electron chi connectivity index (χ0n) is 17.1. The second-order valence-electron chi connectivity index (χ2n) is 7.59. The molecule has 6 heteroatoms. The summed E-state index contributed by atoms with van der Waals surface area (Å²) in [7, 11) is 3.35. The molecular formula is C23H29N3O3+2. The molecule has 1 aromatic heterocycles. The van der Waals surface area contributed by atoms with E-state index in [0.29, 0.717) is 0 Å². The molecule has 0 saturated carbocycles. The largest absolute Gasteiger partial charge is 0.493 e. The molecule has 0 radical (unpaired) electrons.